The Balaban J connectivity index is 2.02. The van der Waals surface area contributed by atoms with Crippen LogP contribution in [0, 0.1) is 5.82 Å². The Hall–Kier alpha value is -1.59. The third kappa shape index (κ3) is 2.89. The number of benzene rings is 2. The van der Waals surface area contributed by atoms with Gasteiger partial charge >= 0.3 is 0 Å². The summed E-state index contributed by atoms with van der Waals surface area (Å²) >= 11 is 3.58. The highest BCUT2D eigenvalue weighted by Crippen LogP contribution is 2.39. The van der Waals surface area contributed by atoms with Crippen molar-refractivity contribution in [3.63, 3.8) is 0 Å². The molecular weight excluding hydrogens is 337 g/mol. The van der Waals surface area contributed by atoms with Crippen molar-refractivity contribution >= 4 is 15.9 Å². The Morgan fingerprint density at radius 3 is 2.33 bits per heavy atom. The Morgan fingerprint density at radius 2 is 1.71 bits per heavy atom. The molecule has 0 fully saturated rings. The van der Waals surface area contributed by atoms with Gasteiger partial charge in [-0.05, 0) is 42.4 Å². The first-order chi connectivity index (χ1) is 10.2. The van der Waals surface area contributed by atoms with Crippen LogP contribution in [0.3, 0.4) is 0 Å². The van der Waals surface area contributed by atoms with Crippen LogP contribution in [-0.4, -0.2) is 20.3 Å². The summed E-state index contributed by atoms with van der Waals surface area (Å²) in [5.41, 5.74) is 2.00. The van der Waals surface area contributed by atoms with Crippen molar-refractivity contribution in [3.8, 4) is 11.5 Å². The van der Waals surface area contributed by atoms with Crippen LogP contribution in [0.5, 0.6) is 11.5 Å². The lowest BCUT2D eigenvalue weighted by molar-refractivity contribution is 0.171. The zero-order valence-corrected chi connectivity index (χ0v) is 13.1. The molecule has 0 aromatic heterocycles. The number of fused-ring (bicyclic) bond motifs is 1. The molecule has 3 rings (SSSR count). The molecule has 1 aliphatic heterocycles. The average molecular weight is 352 g/mol. The molecule has 0 amide bonds. The van der Waals surface area contributed by atoms with E-state index in [-0.39, 0.29) is 11.9 Å². The number of ether oxygens (including phenoxy) is 2. The van der Waals surface area contributed by atoms with Crippen molar-refractivity contribution in [3.05, 3.63) is 57.8 Å². The first kappa shape index (κ1) is 14.4. The topological polar surface area (TPSA) is 30.5 Å². The zero-order valence-electron chi connectivity index (χ0n) is 11.5. The van der Waals surface area contributed by atoms with Gasteiger partial charge < -0.3 is 14.8 Å². The number of nitrogens with one attached hydrogen (secondary N) is 1. The van der Waals surface area contributed by atoms with Gasteiger partial charge in [0.1, 0.15) is 19.0 Å². The molecule has 21 heavy (non-hydrogen) atoms. The van der Waals surface area contributed by atoms with Crippen LogP contribution in [-0.2, 0) is 0 Å². The first-order valence-corrected chi connectivity index (χ1v) is 7.50. The standard InChI is InChI=1S/C16H15BrFNO2/c1-19-16(10-2-4-11(18)5-3-10)12-8-14-15(9-13(12)17)21-7-6-20-14/h2-5,8-9,16,19H,6-7H2,1H3. The van der Waals surface area contributed by atoms with Crippen LogP contribution in [0.15, 0.2) is 40.9 Å². The van der Waals surface area contributed by atoms with E-state index >= 15 is 0 Å². The third-order valence-electron chi connectivity index (χ3n) is 3.46. The van der Waals surface area contributed by atoms with E-state index in [1.165, 1.54) is 12.1 Å². The second-order valence-electron chi connectivity index (χ2n) is 4.79. The molecule has 2 aromatic carbocycles. The van der Waals surface area contributed by atoms with E-state index < -0.39 is 0 Å². The highest BCUT2D eigenvalue weighted by molar-refractivity contribution is 9.10. The first-order valence-electron chi connectivity index (χ1n) is 6.71. The fourth-order valence-electron chi connectivity index (χ4n) is 2.46. The number of rotatable bonds is 3. The van der Waals surface area contributed by atoms with Gasteiger partial charge in [0.2, 0.25) is 0 Å². The summed E-state index contributed by atoms with van der Waals surface area (Å²) in [5, 5.41) is 3.25. The minimum Gasteiger partial charge on any atom is -0.486 e. The van der Waals surface area contributed by atoms with Gasteiger partial charge in [0.25, 0.3) is 0 Å². The SMILES string of the molecule is CNC(c1ccc(F)cc1)c1cc2c(cc1Br)OCCO2. The summed E-state index contributed by atoms with van der Waals surface area (Å²) in [4.78, 5) is 0. The molecule has 0 saturated carbocycles. The monoisotopic (exact) mass is 351 g/mol. The molecule has 0 aliphatic carbocycles. The molecule has 1 aliphatic rings. The molecule has 0 saturated heterocycles. The van der Waals surface area contributed by atoms with Crippen molar-refractivity contribution in [2.24, 2.45) is 0 Å². The fourth-order valence-corrected chi connectivity index (χ4v) is 3.01. The molecule has 1 unspecified atom stereocenters. The normalized spacial score (nSPS) is 14.8. The Morgan fingerprint density at radius 1 is 1.10 bits per heavy atom. The summed E-state index contributed by atoms with van der Waals surface area (Å²) < 4.78 is 25.2. The molecule has 5 heteroatoms. The second kappa shape index (κ2) is 6.03. The van der Waals surface area contributed by atoms with Gasteiger partial charge in [0, 0.05) is 4.47 Å². The second-order valence-corrected chi connectivity index (χ2v) is 5.64. The van der Waals surface area contributed by atoms with Crippen molar-refractivity contribution in [1.29, 1.82) is 0 Å². The average Bonchev–Trinajstić information content (AvgIpc) is 2.50. The van der Waals surface area contributed by atoms with Crippen molar-refractivity contribution < 1.29 is 13.9 Å². The van der Waals surface area contributed by atoms with E-state index in [4.69, 9.17) is 9.47 Å². The van der Waals surface area contributed by atoms with Crippen molar-refractivity contribution in [1.82, 2.24) is 5.32 Å². The number of halogens is 2. The van der Waals surface area contributed by atoms with Gasteiger partial charge in [-0.3, -0.25) is 0 Å². The molecule has 1 N–H and O–H groups in total. The molecule has 0 radical (unpaired) electrons. The maximum atomic E-state index is 13.1. The van der Waals surface area contributed by atoms with E-state index in [1.54, 1.807) is 12.1 Å². The van der Waals surface area contributed by atoms with E-state index in [0.717, 1.165) is 27.1 Å². The fraction of sp³-hybridized carbons (Fsp3) is 0.250. The molecule has 0 bridgehead atoms. The minimum absolute atomic E-state index is 0.0594. The Kier molecular flexibility index (Phi) is 4.12. The van der Waals surface area contributed by atoms with Crippen molar-refractivity contribution in [2.45, 2.75) is 6.04 Å². The van der Waals surface area contributed by atoms with Gasteiger partial charge in [-0.1, -0.05) is 28.1 Å². The number of hydrogen-bond acceptors (Lipinski definition) is 3. The van der Waals surface area contributed by atoms with Crippen LogP contribution in [0.4, 0.5) is 4.39 Å². The molecular formula is C16H15BrFNO2. The van der Waals surface area contributed by atoms with Crippen LogP contribution < -0.4 is 14.8 Å². The quantitative estimate of drug-likeness (QED) is 0.915. The molecule has 2 aromatic rings. The Bertz CT molecular complexity index is 645. The molecule has 1 atom stereocenters. The van der Waals surface area contributed by atoms with Crippen molar-refractivity contribution in [2.75, 3.05) is 20.3 Å². The highest BCUT2D eigenvalue weighted by Gasteiger charge is 2.20. The summed E-state index contributed by atoms with van der Waals surface area (Å²) in [5.74, 6) is 1.24. The van der Waals surface area contributed by atoms with Crippen LogP contribution >= 0.6 is 15.9 Å². The van der Waals surface area contributed by atoms with E-state index in [0.29, 0.717) is 13.2 Å². The van der Waals surface area contributed by atoms with Crippen LogP contribution in [0.2, 0.25) is 0 Å². The van der Waals surface area contributed by atoms with Crippen LogP contribution in [0.1, 0.15) is 17.2 Å². The molecule has 1 heterocycles. The van der Waals surface area contributed by atoms with Gasteiger partial charge in [-0.15, -0.1) is 0 Å². The van der Waals surface area contributed by atoms with E-state index in [9.17, 15) is 4.39 Å². The third-order valence-corrected chi connectivity index (χ3v) is 4.15. The minimum atomic E-state index is -0.241. The predicted octanol–water partition coefficient (Wildman–Crippen LogP) is 3.67. The van der Waals surface area contributed by atoms with E-state index in [2.05, 4.69) is 21.2 Å². The summed E-state index contributed by atoms with van der Waals surface area (Å²) in [7, 11) is 1.87. The van der Waals surface area contributed by atoms with Gasteiger partial charge in [0.15, 0.2) is 11.5 Å². The maximum Gasteiger partial charge on any atom is 0.162 e. The zero-order chi connectivity index (χ0) is 14.8. The smallest absolute Gasteiger partial charge is 0.162 e. The molecule has 110 valence electrons. The highest BCUT2D eigenvalue weighted by atomic mass is 79.9. The summed E-state index contributed by atoms with van der Waals surface area (Å²) in [6.45, 7) is 1.11. The summed E-state index contributed by atoms with van der Waals surface area (Å²) in [6.07, 6.45) is 0. The largest absolute Gasteiger partial charge is 0.486 e. The molecule has 0 spiro atoms. The van der Waals surface area contributed by atoms with E-state index in [1.807, 2.05) is 19.2 Å². The lowest BCUT2D eigenvalue weighted by Crippen LogP contribution is -2.20. The maximum absolute atomic E-state index is 13.1. The summed E-state index contributed by atoms with van der Waals surface area (Å²) in [6, 6.07) is 10.3. The predicted molar refractivity (Wildman–Crippen MR) is 82.4 cm³/mol. The molecule has 3 nitrogen and oxygen atoms in total. The lowest BCUT2D eigenvalue weighted by atomic mass is 9.98. The Labute approximate surface area is 131 Å². The number of hydrogen-bond donors (Lipinski definition) is 1. The van der Waals surface area contributed by atoms with Gasteiger partial charge in [0.05, 0.1) is 6.04 Å². The van der Waals surface area contributed by atoms with Crippen LogP contribution in [0.25, 0.3) is 0 Å². The lowest BCUT2D eigenvalue weighted by Gasteiger charge is -2.23. The van der Waals surface area contributed by atoms with Gasteiger partial charge in [-0.2, -0.15) is 0 Å². The van der Waals surface area contributed by atoms with Gasteiger partial charge in [-0.25, -0.2) is 4.39 Å².